The van der Waals surface area contributed by atoms with Crippen LogP contribution < -0.4 is 11.1 Å². The molecule has 0 saturated heterocycles. The van der Waals surface area contributed by atoms with Crippen LogP contribution in [0, 0.1) is 5.92 Å². The van der Waals surface area contributed by atoms with Crippen LogP contribution in [-0.2, 0) is 4.74 Å². The lowest BCUT2D eigenvalue weighted by molar-refractivity contribution is 0.0607. The molecule has 0 aromatic carbocycles. The average Bonchev–Trinajstić information content (AvgIpc) is 2.74. The zero-order valence-corrected chi connectivity index (χ0v) is 9.56. The number of methoxy groups -OCH3 is 1. The molecule has 1 aromatic heterocycles. The summed E-state index contributed by atoms with van der Waals surface area (Å²) in [6.45, 7) is 2.19. The van der Waals surface area contributed by atoms with Gasteiger partial charge in [-0.1, -0.05) is 6.92 Å². The van der Waals surface area contributed by atoms with Crippen LogP contribution in [0.3, 0.4) is 0 Å². The molecular weight excluding hydrogens is 212 g/mol. The minimum atomic E-state index is -0.366. The van der Waals surface area contributed by atoms with Crippen molar-refractivity contribution in [1.82, 2.24) is 0 Å². The summed E-state index contributed by atoms with van der Waals surface area (Å²) in [5, 5.41) is 4.28. The van der Waals surface area contributed by atoms with E-state index in [9.17, 15) is 4.79 Å². The number of nitrogen functional groups attached to an aromatic ring is 1. The van der Waals surface area contributed by atoms with Gasteiger partial charge < -0.3 is 15.8 Å². The third-order valence-corrected chi connectivity index (χ3v) is 3.63. The highest BCUT2D eigenvalue weighted by Gasteiger charge is 2.33. The number of nitrogens with two attached hydrogens (primary N) is 1. The van der Waals surface area contributed by atoms with E-state index in [0.29, 0.717) is 16.6 Å². The van der Waals surface area contributed by atoms with Crippen molar-refractivity contribution in [2.24, 2.45) is 5.92 Å². The topological polar surface area (TPSA) is 64.3 Å². The molecular formula is C10H14N2O2S. The van der Waals surface area contributed by atoms with Crippen LogP contribution in [0.4, 0.5) is 10.7 Å². The Balaban J connectivity index is 2.10. The molecule has 15 heavy (non-hydrogen) atoms. The molecule has 1 saturated carbocycles. The summed E-state index contributed by atoms with van der Waals surface area (Å²) in [5.41, 5.74) is 6.21. The number of hydrogen-bond donors (Lipinski definition) is 2. The minimum absolute atomic E-state index is 0.366. The second-order valence-electron chi connectivity index (χ2n) is 3.85. The quantitative estimate of drug-likeness (QED) is 0.773. The van der Waals surface area contributed by atoms with Crippen molar-refractivity contribution in [3.63, 3.8) is 0 Å². The van der Waals surface area contributed by atoms with Gasteiger partial charge in [0, 0.05) is 6.04 Å². The molecule has 0 spiro atoms. The van der Waals surface area contributed by atoms with E-state index in [4.69, 9.17) is 5.73 Å². The Bertz CT molecular complexity index is 389. The summed E-state index contributed by atoms with van der Waals surface area (Å²) in [5.74, 6) is 0.351. The fourth-order valence-corrected chi connectivity index (χ4v) is 2.39. The first-order valence-electron chi connectivity index (χ1n) is 4.86. The number of esters is 1. The molecule has 0 radical (unpaired) electrons. The summed E-state index contributed by atoms with van der Waals surface area (Å²) < 4.78 is 4.64. The number of carbonyl (C=O) groups excluding carboxylic acids is 1. The highest BCUT2D eigenvalue weighted by Crippen LogP contribution is 2.37. The fraction of sp³-hybridized carbons (Fsp3) is 0.500. The predicted molar refractivity (Wildman–Crippen MR) is 61.3 cm³/mol. The van der Waals surface area contributed by atoms with Gasteiger partial charge in [-0.3, -0.25) is 0 Å². The number of carbonyl (C=O) groups is 1. The standard InChI is InChI=1S/C10H14N2O2S/c1-5-3-7(5)12-8-4-6(11)9(15-8)10(13)14-2/h4-5,7,12H,3,11H2,1-2H3. The Kier molecular flexibility index (Phi) is 2.56. The lowest BCUT2D eigenvalue weighted by Crippen LogP contribution is -2.01. The molecule has 2 unspecified atom stereocenters. The molecule has 82 valence electrons. The van der Waals surface area contributed by atoms with Gasteiger partial charge in [-0.15, -0.1) is 11.3 Å². The maximum atomic E-state index is 11.3. The maximum Gasteiger partial charge on any atom is 0.350 e. The molecule has 1 aliphatic carbocycles. The Hall–Kier alpha value is -1.23. The monoisotopic (exact) mass is 226 g/mol. The van der Waals surface area contributed by atoms with Crippen molar-refractivity contribution in [3.8, 4) is 0 Å². The van der Waals surface area contributed by atoms with Crippen molar-refractivity contribution in [1.29, 1.82) is 0 Å². The second-order valence-corrected chi connectivity index (χ2v) is 4.90. The van der Waals surface area contributed by atoms with Crippen molar-refractivity contribution in [2.75, 3.05) is 18.2 Å². The first kappa shape index (κ1) is 10.3. The molecule has 0 amide bonds. The predicted octanol–water partition coefficient (Wildman–Crippen LogP) is 1.94. The summed E-state index contributed by atoms with van der Waals surface area (Å²) >= 11 is 1.35. The molecule has 3 N–H and O–H groups in total. The lowest BCUT2D eigenvalue weighted by atomic mass is 10.4. The first-order valence-corrected chi connectivity index (χ1v) is 5.67. The van der Waals surface area contributed by atoms with Gasteiger partial charge >= 0.3 is 5.97 Å². The number of rotatable bonds is 3. The third-order valence-electron chi connectivity index (χ3n) is 2.57. The van der Waals surface area contributed by atoms with Gasteiger partial charge in [-0.25, -0.2) is 4.79 Å². The van der Waals surface area contributed by atoms with Gasteiger partial charge in [0.05, 0.1) is 17.8 Å². The van der Waals surface area contributed by atoms with Gasteiger partial charge in [0.1, 0.15) is 4.88 Å². The molecule has 1 heterocycles. The zero-order chi connectivity index (χ0) is 11.0. The van der Waals surface area contributed by atoms with Gasteiger partial charge in [0.2, 0.25) is 0 Å². The molecule has 0 aliphatic heterocycles. The molecule has 0 bridgehead atoms. The summed E-state index contributed by atoms with van der Waals surface area (Å²) in [6, 6.07) is 2.33. The third kappa shape index (κ3) is 2.07. The lowest BCUT2D eigenvalue weighted by Gasteiger charge is -1.98. The van der Waals surface area contributed by atoms with Crippen molar-refractivity contribution in [2.45, 2.75) is 19.4 Å². The van der Waals surface area contributed by atoms with E-state index in [1.54, 1.807) is 6.07 Å². The van der Waals surface area contributed by atoms with Crippen LogP contribution in [0.15, 0.2) is 6.07 Å². The number of nitrogens with one attached hydrogen (secondary N) is 1. The summed E-state index contributed by atoms with van der Waals surface area (Å²) in [6.07, 6.45) is 1.19. The van der Waals surface area contributed by atoms with E-state index in [1.165, 1.54) is 24.9 Å². The minimum Gasteiger partial charge on any atom is -0.465 e. The van der Waals surface area contributed by atoms with Gasteiger partial charge in [0.25, 0.3) is 0 Å². The van der Waals surface area contributed by atoms with E-state index in [2.05, 4.69) is 17.0 Å². The number of thiophene rings is 1. The summed E-state index contributed by atoms with van der Waals surface area (Å²) in [4.78, 5) is 11.8. The van der Waals surface area contributed by atoms with Gasteiger partial charge in [0.15, 0.2) is 0 Å². The van der Waals surface area contributed by atoms with Crippen LogP contribution in [0.25, 0.3) is 0 Å². The zero-order valence-electron chi connectivity index (χ0n) is 8.74. The van der Waals surface area contributed by atoms with E-state index < -0.39 is 0 Å². The van der Waals surface area contributed by atoms with Crippen LogP contribution in [0.5, 0.6) is 0 Å². The molecule has 2 rings (SSSR count). The summed E-state index contributed by atoms with van der Waals surface area (Å²) in [7, 11) is 1.36. The average molecular weight is 226 g/mol. The van der Waals surface area contributed by atoms with E-state index in [0.717, 1.165) is 10.9 Å². The van der Waals surface area contributed by atoms with E-state index >= 15 is 0 Å². The molecule has 4 nitrogen and oxygen atoms in total. The van der Waals surface area contributed by atoms with Crippen molar-refractivity contribution >= 4 is 28.0 Å². The van der Waals surface area contributed by atoms with Crippen LogP contribution in [0.2, 0.25) is 0 Å². The van der Waals surface area contributed by atoms with Crippen molar-refractivity contribution in [3.05, 3.63) is 10.9 Å². The molecule has 5 heteroatoms. The van der Waals surface area contributed by atoms with Crippen LogP contribution in [0.1, 0.15) is 23.0 Å². The molecule has 1 aromatic rings. The van der Waals surface area contributed by atoms with Crippen LogP contribution in [-0.4, -0.2) is 19.1 Å². The largest absolute Gasteiger partial charge is 0.465 e. The first-order chi connectivity index (χ1) is 7.11. The Morgan fingerprint density at radius 1 is 1.73 bits per heavy atom. The maximum absolute atomic E-state index is 11.3. The number of ether oxygens (including phenoxy) is 1. The second kappa shape index (κ2) is 3.73. The molecule has 1 fully saturated rings. The Labute approximate surface area is 92.4 Å². The SMILES string of the molecule is COC(=O)c1sc(NC2CC2C)cc1N. The van der Waals surface area contributed by atoms with Gasteiger partial charge in [-0.2, -0.15) is 0 Å². The Morgan fingerprint density at radius 2 is 2.40 bits per heavy atom. The smallest absolute Gasteiger partial charge is 0.350 e. The van der Waals surface area contributed by atoms with E-state index in [1.807, 2.05) is 0 Å². The molecule has 1 aliphatic rings. The Morgan fingerprint density at radius 3 is 2.93 bits per heavy atom. The van der Waals surface area contributed by atoms with E-state index in [-0.39, 0.29) is 5.97 Å². The fourth-order valence-electron chi connectivity index (χ4n) is 1.43. The normalized spacial score (nSPS) is 23.6. The van der Waals surface area contributed by atoms with Crippen molar-refractivity contribution < 1.29 is 9.53 Å². The number of anilines is 2. The highest BCUT2D eigenvalue weighted by molar-refractivity contribution is 7.18. The van der Waals surface area contributed by atoms with Gasteiger partial charge in [-0.05, 0) is 18.4 Å². The number of hydrogen-bond acceptors (Lipinski definition) is 5. The molecule has 2 atom stereocenters. The highest BCUT2D eigenvalue weighted by atomic mass is 32.1. The van der Waals surface area contributed by atoms with Crippen LogP contribution >= 0.6 is 11.3 Å².